The molecule has 0 bridgehead atoms. The van der Waals surface area contributed by atoms with Crippen molar-refractivity contribution in [3.05, 3.63) is 35.8 Å². The minimum Gasteiger partial charge on any atom is -0.396 e. The average Bonchev–Trinajstić information content (AvgIpc) is 2.92. The van der Waals surface area contributed by atoms with Crippen LogP contribution in [0.1, 0.15) is 37.2 Å². The minimum atomic E-state index is -0.329. The predicted molar refractivity (Wildman–Crippen MR) is 80.7 cm³/mol. The van der Waals surface area contributed by atoms with Crippen LogP contribution in [0.15, 0.2) is 24.3 Å². The Balaban J connectivity index is 2.12. The van der Waals surface area contributed by atoms with Crippen molar-refractivity contribution in [2.24, 2.45) is 5.41 Å². The van der Waals surface area contributed by atoms with E-state index in [-0.39, 0.29) is 23.7 Å². The highest BCUT2D eigenvalue weighted by Gasteiger charge is 2.26. The fraction of sp³-hybridized carbons (Fsp3) is 0.438. The van der Waals surface area contributed by atoms with E-state index in [2.05, 4.69) is 10.3 Å². The largest absolute Gasteiger partial charge is 0.396 e. The van der Waals surface area contributed by atoms with Gasteiger partial charge in [0.05, 0.1) is 6.61 Å². The van der Waals surface area contributed by atoms with Gasteiger partial charge in [-0.3, -0.25) is 4.79 Å². The Kier molecular flexibility index (Phi) is 4.63. The van der Waals surface area contributed by atoms with Crippen molar-refractivity contribution in [2.45, 2.75) is 26.7 Å². The monoisotopic (exact) mass is 292 g/mol. The number of aromatic nitrogens is 1. The molecule has 114 valence electrons. The maximum atomic E-state index is 13.1. The number of benzene rings is 1. The molecule has 0 unspecified atom stereocenters. The molecule has 1 aromatic carbocycles. The zero-order valence-electron chi connectivity index (χ0n) is 12.4. The van der Waals surface area contributed by atoms with Gasteiger partial charge in [0.25, 0.3) is 5.91 Å². The summed E-state index contributed by atoms with van der Waals surface area (Å²) in [5, 5.41) is 13.0. The number of carbonyl (C=O) groups is 1. The van der Waals surface area contributed by atoms with Crippen molar-refractivity contribution in [1.29, 1.82) is 0 Å². The first-order valence-electron chi connectivity index (χ1n) is 7.21. The molecule has 1 aromatic heterocycles. The quantitative estimate of drug-likeness (QED) is 0.766. The lowest BCUT2D eigenvalue weighted by molar-refractivity contribution is 0.0847. The Morgan fingerprint density at radius 1 is 1.33 bits per heavy atom. The molecule has 0 saturated carbocycles. The molecule has 0 saturated heterocycles. The van der Waals surface area contributed by atoms with E-state index in [0.29, 0.717) is 17.6 Å². The van der Waals surface area contributed by atoms with E-state index in [0.717, 1.165) is 18.4 Å². The predicted octanol–water partition coefficient (Wildman–Crippen LogP) is 2.84. The van der Waals surface area contributed by atoms with Gasteiger partial charge in [-0.1, -0.05) is 13.8 Å². The van der Waals surface area contributed by atoms with E-state index in [9.17, 15) is 14.3 Å². The van der Waals surface area contributed by atoms with Crippen LogP contribution in [-0.2, 0) is 0 Å². The van der Waals surface area contributed by atoms with Crippen molar-refractivity contribution >= 4 is 16.8 Å². The lowest BCUT2D eigenvalue weighted by atomic mass is 9.83. The van der Waals surface area contributed by atoms with Gasteiger partial charge < -0.3 is 15.4 Å². The smallest absolute Gasteiger partial charge is 0.267 e. The number of aromatic amines is 1. The lowest BCUT2D eigenvalue weighted by Gasteiger charge is -2.29. The molecule has 0 aliphatic heterocycles. The Hall–Kier alpha value is -1.88. The first kappa shape index (κ1) is 15.5. The zero-order chi connectivity index (χ0) is 15.5. The number of halogens is 1. The fourth-order valence-corrected chi connectivity index (χ4v) is 2.37. The summed E-state index contributed by atoms with van der Waals surface area (Å²) in [5.41, 5.74) is 0.837. The molecule has 5 heteroatoms. The van der Waals surface area contributed by atoms with Crippen molar-refractivity contribution < 1.29 is 14.3 Å². The fourth-order valence-electron chi connectivity index (χ4n) is 2.37. The molecule has 2 rings (SSSR count). The number of hydrogen-bond donors (Lipinski definition) is 3. The molecule has 3 N–H and O–H groups in total. The van der Waals surface area contributed by atoms with E-state index in [4.69, 9.17) is 0 Å². The highest BCUT2D eigenvalue weighted by molar-refractivity contribution is 5.98. The number of nitrogens with one attached hydrogen (secondary N) is 2. The maximum Gasteiger partial charge on any atom is 0.267 e. The molecular formula is C16H21FN2O2. The molecule has 2 aromatic rings. The number of aliphatic hydroxyl groups excluding tert-OH is 1. The molecule has 1 amide bonds. The van der Waals surface area contributed by atoms with E-state index in [1.165, 1.54) is 12.1 Å². The molecule has 0 fully saturated rings. The van der Waals surface area contributed by atoms with E-state index >= 15 is 0 Å². The molecule has 0 spiro atoms. The first-order chi connectivity index (χ1) is 10.0. The number of H-pyrrole nitrogens is 1. The summed E-state index contributed by atoms with van der Waals surface area (Å²) in [4.78, 5) is 15.1. The Morgan fingerprint density at radius 3 is 2.67 bits per heavy atom. The van der Waals surface area contributed by atoms with Crippen molar-refractivity contribution in [3.63, 3.8) is 0 Å². The highest BCUT2D eigenvalue weighted by atomic mass is 19.1. The first-order valence-corrected chi connectivity index (χ1v) is 7.21. The standard InChI is InChI=1S/C16H21FN2O2/c1-3-16(4-2,10-20)9-18-15(21)14-8-11-7-12(17)5-6-13(11)19-14/h5-8,19-20H,3-4,9-10H2,1-2H3,(H,18,21). The molecule has 0 aliphatic carbocycles. The summed E-state index contributed by atoms with van der Waals surface area (Å²) in [6, 6.07) is 5.98. The summed E-state index contributed by atoms with van der Waals surface area (Å²) in [6.45, 7) is 4.45. The van der Waals surface area contributed by atoms with Crippen LogP contribution in [0.25, 0.3) is 10.9 Å². The Morgan fingerprint density at radius 2 is 2.05 bits per heavy atom. The maximum absolute atomic E-state index is 13.1. The van der Waals surface area contributed by atoms with Gasteiger partial charge in [-0.15, -0.1) is 0 Å². The summed E-state index contributed by atoms with van der Waals surface area (Å²) in [7, 11) is 0. The lowest BCUT2D eigenvalue weighted by Crippen LogP contribution is -2.39. The Labute approximate surface area is 123 Å². The van der Waals surface area contributed by atoms with Gasteiger partial charge in [-0.25, -0.2) is 4.39 Å². The molecule has 0 atom stereocenters. The number of fused-ring (bicyclic) bond motifs is 1. The normalized spacial score (nSPS) is 11.8. The average molecular weight is 292 g/mol. The van der Waals surface area contributed by atoms with Gasteiger partial charge >= 0.3 is 0 Å². The highest BCUT2D eigenvalue weighted by Crippen LogP contribution is 2.24. The van der Waals surface area contributed by atoms with E-state index in [1.807, 2.05) is 13.8 Å². The minimum absolute atomic E-state index is 0.0399. The molecule has 4 nitrogen and oxygen atoms in total. The van der Waals surface area contributed by atoms with Crippen molar-refractivity contribution in [3.8, 4) is 0 Å². The summed E-state index contributed by atoms with van der Waals surface area (Å²) >= 11 is 0. The number of hydrogen-bond acceptors (Lipinski definition) is 2. The number of aliphatic hydroxyl groups is 1. The summed E-state index contributed by atoms with van der Waals surface area (Å²) < 4.78 is 13.1. The van der Waals surface area contributed by atoms with Crippen LogP contribution in [0.3, 0.4) is 0 Å². The topological polar surface area (TPSA) is 65.1 Å². The SMILES string of the molecule is CCC(CC)(CO)CNC(=O)c1cc2cc(F)ccc2[nH]1. The Bertz CT molecular complexity index is 624. The van der Waals surface area contributed by atoms with Crippen LogP contribution in [0.2, 0.25) is 0 Å². The van der Waals surface area contributed by atoms with Gasteiger partial charge in [0.2, 0.25) is 0 Å². The van der Waals surface area contributed by atoms with Crippen LogP contribution < -0.4 is 5.32 Å². The number of rotatable bonds is 6. The van der Waals surface area contributed by atoms with Gasteiger partial charge in [0, 0.05) is 22.9 Å². The molecule has 1 heterocycles. The van der Waals surface area contributed by atoms with Crippen molar-refractivity contribution in [2.75, 3.05) is 13.2 Å². The van der Waals surface area contributed by atoms with Crippen LogP contribution in [0, 0.1) is 11.2 Å². The van der Waals surface area contributed by atoms with E-state index < -0.39 is 0 Å². The van der Waals surface area contributed by atoms with Crippen LogP contribution in [0.5, 0.6) is 0 Å². The summed E-state index contributed by atoms with van der Waals surface area (Å²) in [5.74, 6) is -0.573. The van der Waals surface area contributed by atoms with Gasteiger partial charge in [-0.2, -0.15) is 0 Å². The third-order valence-electron chi connectivity index (χ3n) is 4.29. The number of amides is 1. The second-order valence-corrected chi connectivity index (χ2v) is 5.46. The van der Waals surface area contributed by atoms with E-state index in [1.54, 1.807) is 12.1 Å². The number of carbonyl (C=O) groups excluding carboxylic acids is 1. The summed E-state index contributed by atoms with van der Waals surface area (Å²) in [6.07, 6.45) is 1.58. The van der Waals surface area contributed by atoms with Crippen LogP contribution in [0.4, 0.5) is 4.39 Å². The second-order valence-electron chi connectivity index (χ2n) is 5.46. The van der Waals surface area contributed by atoms with Gasteiger partial charge in [0.1, 0.15) is 11.5 Å². The second kappa shape index (κ2) is 6.26. The van der Waals surface area contributed by atoms with Crippen LogP contribution >= 0.6 is 0 Å². The van der Waals surface area contributed by atoms with Crippen LogP contribution in [-0.4, -0.2) is 29.1 Å². The molecular weight excluding hydrogens is 271 g/mol. The molecule has 0 aliphatic rings. The van der Waals surface area contributed by atoms with Gasteiger partial charge in [-0.05, 0) is 37.1 Å². The third kappa shape index (κ3) is 3.24. The zero-order valence-corrected chi connectivity index (χ0v) is 12.4. The molecule has 21 heavy (non-hydrogen) atoms. The van der Waals surface area contributed by atoms with Crippen molar-refractivity contribution in [1.82, 2.24) is 10.3 Å². The third-order valence-corrected chi connectivity index (χ3v) is 4.29. The van der Waals surface area contributed by atoms with Gasteiger partial charge in [0.15, 0.2) is 0 Å². The molecule has 0 radical (unpaired) electrons.